The Hall–Kier alpha value is -0.660. The Morgan fingerprint density at radius 2 is 2.12 bits per heavy atom. The molecule has 0 aromatic carbocycles. The molecule has 2 atom stereocenters. The second-order valence-corrected chi connectivity index (χ2v) is 6.39. The minimum absolute atomic E-state index is 0.151. The number of nitrogens with two attached hydrogens (primary N) is 1. The molecule has 1 heterocycles. The van der Waals surface area contributed by atoms with E-state index in [0.29, 0.717) is 19.5 Å². The molecule has 0 aliphatic carbocycles. The number of rotatable bonds is 5. The number of carbonyl (C=O) groups is 1. The molecule has 1 fully saturated rings. The smallest absolute Gasteiger partial charge is 0.235 e. The molecule has 7 heteroatoms. The van der Waals surface area contributed by atoms with Gasteiger partial charge in [0.15, 0.2) is 0 Å². The van der Waals surface area contributed by atoms with Gasteiger partial charge in [0.2, 0.25) is 15.9 Å². The van der Waals surface area contributed by atoms with Crippen LogP contribution in [0.15, 0.2) is 0 Å². The molecule has 0 saturated carbocycles. The van der Waals surface area contributed by atoms with Gasteiger partial charge < -0.3 is 11.1 Å². The Kier molecular flexibility index (Phi) is 4.28. The number of carbonyl (C=O) groups excluding carboxylic acids is 1. The molecule has 0 aromatic rings. The van der Waals surface area contributed by atoms with E-state index in [1.54, 1.807) is 13.8 Å². The van der Waals surface area contributed by atoms with E-state index in [1.165, 1.54) is 0 Å². The van der Waals surface area contributed by atoms with Crippen molar-refractivity contribution in [2.24, 2.45) is 11.7 Å². The first-order valence-corrected chi connectivity index (χ1v) is 6.90. The van der Waals surface area contributed by atoms with Gasteiger partial charge in [-0.05, 0) is 18.9 Å². The lowest BCUT2D eigenvalue weighted by Crippen LogP contribution is -2.50. The van der Waals surface area contributed by atoms with E-state index in [2.05, 4.69) is 10.0 Å². The van der Waals surface area contributed by atoms with Crippen LogP contribution in [0.1, 0.15) is 20.3 Å². The maximum absolute atomic E-state index is 11.9. The second kappa shape index (κ2) is 5.11. The fourth-order valence-electron chi connectivity index (χ4n) is 1.69. The molecule has 16 heavy (non-hydrogen) atoms. The highest BCUT2D eigenvalue weighted by Gasteiger charge is 2.33. The fraction of sp³-hybridized carbons (Fsp3) is 0.889. The van der Waals surface area contributed by atoms with E-state index >= 15 is 0 Å². The first-order valence-electron chi connectivity index (χ1n) is 5.35. The van der Waals surface area contributed by atoms with Crippen molar-refractivity contribution in [2.75, 3.05) is 13.1 Å². The van der Waals surface area contributed by atoms with E-state index in [0.717, 1.165) is 0 Å². The van der Waals surface area contributed by atoms with Gasteiger partial charge in [0, 0.05) is 6.54 Å². The normalized spacial score (nSPS) is 23.6. The van der Waals surface area contributed by atoms with Crippen LogP contribution in [0, 0.1) is 5.92 Å². The average molecular weight is 249 g/mol. The maximum atomic E-state index is 11.9. The summed E-state index contributed by atoms with van der Waals surface area (Å²) in [6, 6.07) is -0.828. The average Bonchev–Trinajstić information content (AvgIpc) is 2.66. The van der Waals surface area contributed by atoms with Crippen molar-refractivity contribution in [1.29, 1.82) is 0 Å². The minimum atomic E-state index is -3.46. The van der Waals surface area contributed by atoms with Crippen LogP contribution in [0.3, 0.4) is 0 Å². The molecule has 6 nitrogen and oxygen atoms in total. The summed E-state index contributed by atoms with van der Waals surface area (Å²) < 4.78 is 26.2. The van der Waals surface area contributed by atoms with E-state index < -0.39 is 27.2 Å². The molecular formula is C9H19N3O3S. The first-order chi connectivity index (χ1) is 7.34. The Bertz CT molecular complexity index is 347. The van der Waals surface area contributed by atoms with E-state index in [9.17, 15) is 13.2 Å². The summed E-state index contributed by atoms with van der Waals surface area (Å²) in [6.45, 7) is 4.63. The molecule has 1 aliphatic heterocycles. The highest BCUT2D eigenvalue weighted by molar-refractivity contribution is 7.90. The number of amides is 1. The molecule has 0 aromatic heterocycles. The Morgan fingerprint density at radius 1 is 1.50 bits per heavy atom. The van der Waals surface area contributed by atoms with Gasteiger partial charge in [0.1, 0.15) is 6.04 Å². The van der Waals surface area contributed by atoms with Crippen LogP contribution < -0.4 is 15.8 Å². The molecule has 0 radical (unpaired) electrons. The Labute approximate surface area is 96.0 Å². The lowest BCUT2D eigenvalue weighted by Gasteiger charge is -2.21. The standard InChI is InChI=1S/C9H19N3O3S/c1-6(2)8(9(10)13)12-16(14,15)7-3-4-11-5-7/h6-8,11-12H,3-5H2,1-2H3,(H2,10,13). The summed E-state index contributed by atoms with van der Waals surface area (Å²) in [5.74, 6) is -0.786. The predicted molar refractivity (Wildman–Crippen MR) is 61.2 cm³/mol. The zero-order valence-corrected chi connectivity index (χ0v) is 10.4. The molecular weight excluding hydrogens is 230 g/mol. The maximum Gasteiger partial charge on any atom is 0.235 e. The summed E-state index contributed by atoms with van der Waals surface area (Å²) in [5.41, 5.74) is 5.16. The molecule has 4 N–H and O–H groups in total. The van der Waals surface area contributed by atoms with Gasteiger partial charge in [-0.15, -0.1) is 0 Å². The summed E-state index contributed by atoms with van der Waals surface area (Å²) in [7, 11) is -3.46. The predicted octanol–water partition coefficient (Wildman–Crippen LogP) is -1.22. The summed E-state index contributed by atoms with van der Waals surface area (Å²) in [4.78, 5) is 11.1. The largest absolute Gasteiger partial charge is 0.368 e. The van der Waals surface area contributed by atoms with Gasteiger partial charge in [-0.2, -0.15) is 0 Å². The van der Waals surface area contributed by atoms with Crippen molar-refractivity contribution in [2.45, 2.75) is 31.6 Å². The zero-order chi connectivity index (χ0) is 12.3. The van der Waals surface area contributed by atoms with Crippen molar-refractivity contribution in [3.8, 4) is 0 Å². The van der Waals surface area contributed by atoms with Crippen LogP contribution in [0.4, 0.5) is 0 Å². The van der Waals surface area contributed by atoms with Gasteiger partial charge >= 0.3 is 0 Å². The van der Waals surface area contributed by atoms with E-state index in [4.69, 9.17) is 5.73 Å². The SMILES string of the molecule is CC(C)C(NS(=O)(=O)C1CCNC1)C(N)=O. The first kappa shape index (κ1) is 13.4. The zero-order valence-electron chi connectivity index (χ0n) is 9.56. The minimum Gasteiger partial charge on any atom is -0.368 e. The number of hydrogen-bond acceptors (Lipinski definition) is 4. The second-order valence-electron chi connectivity index (χ2n) is 4.40. The van der Waals surface area contributed by atoms with Crippen molar-refractivity contribution in [3.63, 3.8) is 0 Å². The topological polar surface area (TPSA) is 101 Å². The molecule has 2 unspecified atom stereocenters. The summed E-state index contributed by atoms with van der Waals surface area (Å²) in [5, 5.41) is 2.51. The van der Waals surface area contributed by atoms with Crippen molar-refractivity contribution in [3.05, 3.63) is 0 Å². The summed E-state index contributed by atoms with van der Waals surface area (Å²) >= 11 is 0. The number of hydrogen-bond donors (Lipinski definition) is 3. The van der Waals surface area contributed by atoms with Gasteiger partial charge in [-0.1, -0.05) is 13.8 Å². The van der Waals surface area contributed by atoms with Gasteiger partial charge in [0.25, 0.3) is 0 Å². The third kappa shape index (κ3) is 3.16. The molecule has 1 saturated heterocycles. The van der Waals surface area contributed by atoms with Crippen molar-refractivity contribution >= 4 is 15.9 Å². The van der Waals surface area contributed by atoms with Crippen LogP contribution in [0.2, 0.25) is 0 Å². The van der Waals surface area contributed by atoms with Crippen LogP contribution in [-0.2, 0) is 14.8 Å². The third-order valence-corrected chi connectivity index (χ3v) is 4.58. The Morgan fingerprint density at radius 3 is 2.50 bits per heavy atom. The summed E-state index contributed by atoms with van der Waals surface area (Å²) in [6.07, 6.45) is 0.568. The van der Waals surface area contributed by atoms with Crippen LogP contribution in [0.5, 0.6) is 0 Å². The highest BCUT2D eigenvalue weighted by Crippen LogP contribution is 2.11. The molecule has 0 spiro atoms. The van der Waals surface area contributed by atoms with Crippen LogP contribution >= 0.6 is 0 Å². The van der Waals surface area contributed by atoms with Crippen molar-refractivity contribution in [1.82, 2.24) is 10.0 Å². The van der Waals surface area contributed by atoms with Gasteiger partial charge in [0.05, 0.1) is 5.25 Å². The van der Waals surface area contributed by atoms with Crippen LogP contribution in [0.25, 0.3) is 0 Å². The quantitative estimate of drug-likeness (QED) is 0.568. The molecule has 1 rings (SSSR count). The van der Waals surface area contributed by atoms with Gasteiger partial charge in [-0.25, -0.2) is 13.1 Å². The third-order valence-electron chi connectivity index (χ3n) is 2.72. The number of primary amides is 1. The van der Waals surface area contributed by atoms with Gasteiger partial charge in [-0.3, -0.25) is 4.79 Å². The molecule has 1 aliphatic rings. The molecule has 94 valence electrons. The number of nitrogens with one attached hydrogen (secondary N) is 2. The fourth-order valence-corrected chi connectivity index (χ4v) is 3.39. The number of sulfonamides is 1. The molecule has 0 bridgehead atoms. The Balaban J connectivity index is 2.73. The monoisotopic (exact) mass is 249 g/mol. The van der Waals surface area contributed by atoms with E-state index in [-0.39, 0.29) is 5.92 Å². The van der Waals surface area contributed by atoms with Crippen molar-refractivity contribution < 1.29 is 13.2 Å². The highest BCUT2D eigenvalue weighted by atomic mass is 32.2. The van der Waals surface area contributed by atoms with Crippen LogP contribution in [-0.4, -0.2) is 38.7 Å². The molecule has 1 amide bonds. The van der Waals surface area contributed by atoms with E-state index in [1.807, 2.05) is 0 Å². The lowest BCUT2D eigenvalue weighted by atomic mass is 10.1. The lowest BCUT2D eigenvalue weighted by molar-refractivity contribution is -0.120.